The van der Waals surface area contributed by atoms with Crippen molar-refractivity contribution in [1.82, 2.24) is 10.2 Å². The molecule has 0 radical (unpaired) electrons. The zero-order valence-electron chi connectivity index (χ0n) is 14.1. The molecule has 3 unspecified atom stereocenters. The Morgan fingerprint density at radius 2 is 1.84 bits per heavy atom. The Bertz CT molecular complexity index is 246. The lowest BCUT2D eigenvalue weighted by Gasteiger charge is -2.24. The average molecular weight is 268 g/mol. The minimum atomic E-state index is 0.540. The molecular weight excluding hydrogens is 232 g/mol. The molecule has 1 saturated carbocycles. The van der Waals surface area contributed by atoms with Crippen LogP contribution < -0.4 is 5.32 Å². The van der Waals surface area contributed by atoms with E-state index in [9.17, 15) is 0 Å². The van der Waals surface area contributed by atoms with Crippen LogP contribution in [-0.2, 0) is 0 Å². The van der Waals surface area contributed by atoms with Gasteiger partial charge in [-0.15, -0.1) is 0 Å². The van der Waals surface area contributed by atoms with Crippen LogP contribution in [-0.4, -0.2) is 36.6 Å². The Morgan fingerprint density at radius 1 is 1.21 bits per heavy atom. The predicted octanol–water partition coefficient (Wildman–Crippen LogP) is 3.91. The van der Waals surface area contributed by atoms with Crippen molar-refractivity contribution >= 4 is 0 Å². The van der Waals surface area contributed by atoms with E-state index >= 15 is 0 Å². The normalized spacial score (nSPS) is 27.9. The second kappa shape index (κ2) is 7.64. The van der Waals surface area contributed by atoms with Gasteiger partial charge in [0.1, 0.15) is 0 Å². The Balaban J connectivity index is 2.22. The van der Waals surface area contributed by atoms with Gasteiger partial charge >= 0.3 is 0 Å². The zero-order valence-corrected chi connectivity index (χ0v) is 14.1. The molecule has 0 bridgehead atoms. The van der Waals surface area contributed by atoms with E-state index in [1.807, 2.05) is 0 Å². The van der Waals surface area contributed by atoms with Crippen molar-refractivity contribution in [2.45, 2.75) is 79.3 Å². The highest BCUT2D eigenvalue weighted by Gasteiger charge is 2.36. The van der Waals surface area contributed by atoms with E-state index < -0.39 is 0 Å². The summed E-state index contributed by atoms with van der Waals surface area (Å²) in [6, 6.07) is 1.40. The molecule has 2 heteroatoms. The summed E-state index contributed by atoms with van der Waals surface area (Å²) in [7, 11) is 0. The molecule has 1 fully saturated rings. The maximum atomic E-state index is 3.88. The van der Waals surface area contributed by atoms with Gasteiger partial charge in [-0.05, 0) is 63.6 Å². The van der Waals surface area contributed by atoms with Crippen LogP contribution in [0.3, 0.4) is 0 Å². The maximum Gasteiger partial charge on any atom is 0.0100 e. The third-order valence-corrected chi connectivity index (χ3v) is 4.84. The summed E-state index contributed by atoms with van der Waals surface area (Å²) >= 11 is 0. The smallest absolute Gasteiger partial charge is 0.0100 e. The lowest BCUT2D eigenvalue weighted by atomic mass is 9.91. The first-order chi connectivity index (χ1) is 8.88. The highest BCUT2D eigenvalue weighted by Crippen LogP contribution is 2.41. The SMILES string of the molecule is CCN(CC)CCCC(C)NC1CC(C)(C)CC1C. The minimum Gasteiger partial charge on any atom is -0.311 e. The first-order valence-electron chi connectivity index (χ1n) is 8.36. The van der Waals surface area contributed by atoms with Gasteiger partial charge in [0.2, 0.25) is 0 Å². The van der Waals surface area contributed by atoms with E-state index in [2.05, 4.69) is 51.8 Å². The van der Waals surface area contributed by atoms with Crippen molar-refractivity contribution in [2.24, 2.45) is 11.3 Å². The van der Waals surface area contributed by atoms with Crippen molar-refractivity contribution in [1.29, 1.82) is 0 Å². The maximum absolute atomic E-state index is 3.88. The highest BCUT2D eigenvalue weighted by molar-refractivity contribution is 4.92. The lowest BCUT2D eigenvalue weighted by molar-refractivity contribution is 0.283. The molecule has 0 heterocycles. The van der Waals surface area contributed by atoms with Crippen LogP contribution in [0, 0.1) is 11.3 Å². The largest absolute Gasteiger partial charge is 0.311 e. The zero-order chi connectivity index (χ0) is 14.5. The first-order valence-corrected chi connectivity index (χ1v) is 8.36. The lowest BCUT2D eigenvalue weighted by Crippen LogP contribution is -2.38. The molecule has 0 spiro atoms. The summed E-state index contributed by atoms with van der Waals surface area (Å²) in [5.41, 5.74) is 0.540. The molecule has 1 N–H and O–H groups in total. The summed E-state index contributed by atoms with van der Waals surface area (Å²) in [4.78, 5) is 2.52. The fraction of sp³-hybridized carbons (Fsp3) is 1.00. The van der Waals surface area contributed by atoms with Gasteiger partial charge in [0.05, 0.1) is 0 Å². The third-order valence-electron chi connectivity index (χ3n) is 4.84. The standard InChI is InChI=1S/C17H36N2/c1-7-19(8-2)11-9-10-15(4)18-16-13-17(5,6)12-14(16)3/h14-16,18H,7-13H2,1-6H3. The molecule has 1 aliphatic carbocycles. The molecule has 19 heavy (non-hydrogen) atoms. The number of rotatable bonds is 8. The van der Waals surface area contributed by atoms with Crippen LogP contribution in [0.5, 0.6) is 0 Å². The van der Waals surface area contributed by atoms with Crippen LogP contribution in [0.4, 0.5) is 0 Å². The predicted molar refractivity (Wildman–Crippen MR) is 85.6 cm³/mol. The Labute approximate surface area is 121 Å². The van der Waals surface area contributed by atoms with Gasteiger partial charge in [-0.2, -0.15) is 0 Å². The van der Waals surface area contributed by atoms with Gasteiger partial charge in [0, 0.05) is 12.1 Å². The summed E-state index contributed by atoms with van der Waals surface area (Å²) in [5, 5.41) is 3.88. The molecule has 1 aliphatic rings. The van der Waals surface area contributed by atoms with Crippen molar-refractivity contribution in [3.05, 3.63) is 0 Å². The average Bonchev–Trinajstić information content (AvgIpc) is 2.58. The van der Waals surface area contributed by atoms with Crippen molar-refractivity contribution < 1.29 is 0 Å². The molecule has 0 aromatic heterocycles. The van der Waals surface area contributed by atoms with E-state index in [4.69, 9.17) is 0 Å². The van der Waals surface area contributed by atoms with E-state index in [0.717, 1.165) is 12.0 Å². The van der Waals surface area contributed by atoms with E-state index in [-0.39, 0.29) is 0 Å². The molecule has 0 aliphatic heterocycles. The van der Waals surface area contributed by atoms with Gasteiger partial charge < -0.3 is 10.2 Å². The monoisotopic (exact) mass is 268 g/mol. The fourth-order valence-corrected chi connectivity index (χ4v) is 3.73. The van der Waals surface area contributed by atoms with Crippen LogP contribution in [0.1, 0.15) is 67.2 Å². The van der Waals surface area contributed by atoms with Crippen molar-refractivity contribution in [3.63, 3.8) is 0 Å². The quantitative estimate of drug-likeness (QED) is 0.718. The van der Waals surface area contributed by atoms with Crippen molar-refractivity contribution in [3.8, 4) is 0 Å². The second-order valence-electron chi connectivity index (χ2n) is 7.39. The first kappa shape index (κ1) is 17.0. The number of hydrogen-bond acceptors (Lipinski definition) is 2. The molecule has 3 atom stereocenters. The molecule has 0 aromatic carbocycles. The molecular formula is C17H36N2. The van der Waals surface area contributed by atoms with Crippen LogP contribution in [0.25, 0.3) is 0 Å². The molecule has 0 saturated heterocycles. The summed E-state index contributed by atoms with van der Waals surface area (Å²) < 4.78 is 0. The molecule has 0 amide bonds. The van der Waals surface area contributed by atoms with Gasteiger partial charge in [-0.1, -0.05) is 34.6 Å². The second-order valence-corrected chi connectivity index (χ2v) is 7.39. The molecule has 2 nitrogen and oxygen atoms in total. The highest BCUT2D eigenvalue weighted by atomic mass is 15.1. The van der Waals surface area contributed by atoms with Gasteiger partial charge in [-0.25, -0.2) is 0 Å². The fourth-order valence-electron chi connectivity index (χ4n) is 3.73. The third kappa shape index (κ3) is 5.83. The molecule has 114 valence electrons. The van der Waals surface area contributed by atoms with E-state index in [0.29, 0.717) is 11.5 Å². The number of nitrogens with one attached hydrogen (secondary N) is 1. The molecule has 1 rings (SSSR count). The van der Waals surface area contributed by atoms with E-state index in [1.54, 1.807) is 0 Å². The van der Waals surface area contributed by atoms with Gasteiger partial charge in [0.25, 0.3) is 0 Å². The Morgan fingerprint density at radius 3 is 2.32 bits per heavy atom. The Hall–Kier alpha value is -0.0800. The summed E-state index contributed by atoms with van der Waals surface area (Å²) in [6.45, 7) is 17.7. The van der Waals surface area contributed by atoms with Crippen LogP contribution in [0.15, 0.2) is 0 Å². The van der Waals surface area contributed by atoms with Crippen LogP contribution in [0.2, 0.25) is 0 Å². The van der Waals surface area contributed by atoms with Gasteiger partial charge in [-0.3, -0.25) is 0 Å². The number of nitrogens with zero attached hydrogens (tertiary/aromatic N) is 1. The summed E-state index contributed by atoms with van der Waals surface area (Å²) in [5.74, 6) is 0.834. The Kier molecular flexibility index (Phi) is 6.82. The van der Waals surface area contributed by atoms with Crippen LogP contribution >= 0.6 is 0 Å². The van der Waals surface area contributed by atoms with Gasteiger partial charge in [0.15, 0.2) is 0 Å². The van der Waals surface area contributed by atoms with Crippen molar-refractivity contribution in [2.75, 3.05) is 19.6 Å². The van der Waals surface area contributed by atoms with E-state index in [1.165, 1.54) is 45.3 Å². The number of hydrogen-bond donors (Lipinski definition) is 1. The minimum absolute atomic E-state index is 0.540. The topological polar surface area (TPSA) is 15.3 Å². The molecule has 0 aromatic rings. The summed E-state index contributed by atoms with van der Waals surface area (Å²) in [6.07, 6.45) is 5.34.